The minimum atomic E-state index is -0.682. The van der Waals surface area contributed by atoms with Gasteiger partial charge in [-0.25, -0.2) is 4.39 Å². The van der Waals surface area contributed by atoms with Crippen LogP contribution in [0.25, 0.3) is 0 Å². The van der Waals surface area contributed by atoms with E-state index in [9.17, 15) is 14.5 Å². The van der Waals surface area contributed by atoms with Crippen molar-refractivity contribution in [2.75, 3.05) is 22.9 Å². The predicted octanol–water partition coefficient (Wildman–Crippen LogP) is 2.45. The highest BCUT2D eigenvalue weighted by molar-refractivity contribution is 5.74. The fraction of sp³-hybridized carbons (Fsp3) is 0.0769. The summed E-state index contributed by atoms with van der Waals surface area (Å²) in [6.07, 6.45) is 1.58. The van der Waals surface area contributed by atoms with Crippen molar-refractivity contribution < 1.29 is 9.31 Å². The molecule has 0 spiro atoms. The van der Waals surface area contributed by atoms with Gasteiger partial charge in [-0.15, -0.1) is 6.58 Å². The maximum Gasteiger partial charge on any atom is 0.353 e. The minimum Gasteiger partial charge on any atom is -0.378 e. The average Bonchev–Trinajstić information content (AvgIpc) is 2.46. The highest BCUT2D eigenvalue weighted by Crippen LogP contribution is 2.31. The van der Waals surface area contributed by atoms with E-state index in [4.69, 9.17) is 5.73 Å². The van der Waals surface area contributed by atoms with Gasteiger partial charge < -0.3 is 16.4 Å². The lowest BCUT2D eigenvalue weighted by Gasteiger charge is -2.10. The Morgan fingerprint density at radius 2 is 2.05 bits per heavy atom. The van der Waals surface area contributed by atoms with E-state index < -0.39 is 16.4 Å². The molecule has 0 aliphatic rings. The molecule has 2 rings (SSSR count). The number of nitrogens with two attached hydrogens (primary N) is 1. The molecule has 2 aromatic rings. The molecule has 1 heterocycles. The van der Waals surface area contributed by atoms with Crippen LogP contribution >= 0.6 is 0 Å². The number of nitro groups is 1. The van der Waals surface area contributed by atoms with Gasteiger partial charge in [0.05, 0.1) is 4.92 Å². The van der Waals surface area contributed by atoms with Crippen LogP contribution in [0.1, 0.15) is 0 Å². The molecule has 1 aromatic heterocycles. The van der Waals surface area contributed by atoms with E-state index in [1.807, 2.05) is 0 Å². The largest absolute Gasteiger partial charge is 0.378 e. The second kappa shape index (κ2) is 6.48. The van der Waals surface area contributed by atoms with E-state index in [2.05, 4.69) is 27.2 Å². The maximum absolute atomic E-state index is 12.9. The van der Waals surface area contributed by atoms with Gasteiger partial charge in [0.1, 0.15) is 5.82 Å². The molecule has 0 amide bonds. The van der Waals surface area contributed by atoms with Crippen LogP contribution in [0.2, 0.25) is 0 Å². The number of aromatic nitrogens is 2. The summed E-state index contributed by atoms with van der Waals surface area (Å²) in [5.74, 6) is -0.671. The van der Waals surface area contributed by atoms with Crippen molar-refractivity contribution in [3.05, 3.63) is 52.9 Å². The molecule has 0 aliphatic carbocycles. The van der Waals surface area contributed by atoms with Gasteiger partial charge in [-0.1, -0.05) is 6.08 Å². The van der Waals surface area contributed by atoms with Gasteiger partial charge in [-0.2, -0.15) is 9.97 Å². The highest BCUT2D eigenvalue weighted by Gasteiger charge is 2.23. The number of nitrogens with zero attached hydrogens (tertiary/aromatic N) is 3. The summed E-state index contributed by atoms with van der Waals surface area (Å²) in [5.41, 5.74) is 5.59. The average molecular weight is 304 g/mol. The molecule has 0 aliphatic heterocycles. The minimum absolute atomic E-state index is 0.0873. The monoisotopic (exact) mass is 304 g/mol. The lowest BCUT2D eigenvalue weighted by molar-refractivity contribution is -0.383. The third kappa shape index (κ3) is 3.45. The summed E-state index contributed by atoms with van der Waals surface area (Å²) in [6.45, 7) is 3.90. The predicted molar refractivity (Wildman–Crippen MR) is 81.5 cm³/mol. The van der Waals surface area contributed by atoms with Gasteiger partial charge in [0.25, 0.3) is 0 Å². The topological polar surface area (TPSA) is 119 Å². The van der Waals surface area contributed by atoms with Crippen LogP contribution in [0.4, 0.5) is 33.3 Å². The molecule has 0 fully saturated rings. The Hall–Kier alpha value is -3.23. The van der Waals surface area contributed by atoms with Crippen molar-refractivity contribution in [3.63, 3.8) is 0 Å². The SMILES string of the molecule is C=CCNc1nc(N)c([N+](=O)[O-])c(Nc2ccc(F)cc2)n1. The third-order valence-electron chi connectivity index (χ3n) is 2.61. The van der Waals surface area contributed by atoms with Crippen molar-refractivity contribution in [3.8, 4) is 0 Å². The van der Waals surface area contributed by atoms with Crippen LogP contribution in [-0.2, 0) is 0 Å². The molecule has 22 heavy (non-hydrogen) atoms. The number of rotatable bonds is 6. The van der Waals surface area contributed by atoms with Gasteiger partial charge in [0, 0.05) is 12.2 Å². The Labute approximate surface area is 125 Å². The lowest BCUT2D eigenvalue weighted by atomic mass is 10.3. The molecule has 114 valence electrons. The van der Waals surface area contributed by atoms with Crippen molar-refractivity contribution in [2.24, 2.45) is 0 Å². The van der Waals surface area contributed by atoms with E-state index >= 15 is 0 Å². The molecule has 1 aromatic carbocycles. The van der Waals surface area contributed by atoms with E-state index in [0.717, 1.165) is 0 Å². The van der Waals surface area contributed by atoms with Crippen LogP contribution in [-0.4, -0.2) is 21.4 Å². The first-order chi connectivity index (χ1) is 10.5. The fourth-order valence-corrected chi connectivity index (χ4v) is 1.65. The molecule has 0 saturated carbocycles. The summed E-state index contributed by atoms with van der Waals surface area (Å²) < 4.78 is 12.9. The zero-order valence-electron chi connectivity index (χ0n) is 11.4. The molecule has 0 atom stereocenters. The number of anilines is 4. The van der Waals surface area contributed by atoms with E-state index in [1.165, 1.54) is 24.3 Å². The summed E-state index contributed by atoms with van der Waals surface area (Å²) in [6, 6.07) is 5.29. The van der Waals surface area contributed by atoms with Crippen LogP contribution in [0.5, 0.6) is 0 Å². The van der Waals surface area contributed by atoms with E-state index in [0.29, 0.717) is 12.2 Å². The molecule has 4 N–H and O–H groups in total. The number of nitrogens with one attached hydrogen (secondary N) is 2. The lowest BCUT2D eigenvalue weighted by Crippen LogP contribution is -2.10. The number of benzene rings is 1. The molecule has 8 nitrogen and oxygen atoms in total. The second-order valence-corrected chi connectivity index (χ2v) is 4.19. The molecule has 0 saturated heterocycles. The van der Waals surface area contributed by atoms with Gasteiger partial charge in [0.2, 0.25) is 17.6 Å². The molecule has 0 radical (unpaired) electrons. The number of hydrogen-bond donors (Lipinski definition) is 3. The van der Waals surface area contributed by atoms with E-state index in [-0.39, 0.29) is 17.6 Å². The number of nitrogen functional groups attached to an aromatic ring is 1. The molecule has 9 heteroatoms. The van der Waals surface area contributed by atoms with Crippen LogP contribution in [0.15, 0.2) is 36.9 Å². The third-order valence-corrected chi connectivity index (χ3v) is 2.61. The van der Waals surface area contributed by atoms with Gasteiger partial charge >= 0.3 is 5.69 Å². The van der Waals surface area contributed by atoms with Crippen molar-refractivity contribution in [2.45, 2.75) is 0 Å². The molecular formula is C13H13FN6O2. The summed E-state index contributed by atoms with van der Waals surface area (Å²) >= 11 is 0. The van der Waals surface area contributed by atoms with Crippen LogP contribution < -0.4 is 16.4 Å². The van der Waals surface area contributed by atoms with Gasteiger partial charge in [0.15, 0.2) is 0 Å². The zero-order chi connectivity index (χ0) is 16.1. The standard InChI is InChI=1S/C13H13FN6O2/c1-2-7-16-13-18-11(15)10(20(21)22)12(19-13)17-9-5-3-8(14)4-6-9/h2-6H,1,7H2,(H4,15,16,17,18,19). The van der Waals surface area contributed by atoms with Gasteiger partial charge in [-0.3, -0.25) is 10.1 Å². The van der Waals surface area contributed by atoms with Crippen LogP contribution in [0, 0.1) is 15.9 Å². The number of halogens is 1. The van der Waals surface area contributed by atoms with Crippen molar-refractivity contribution in [1.29, 1.82) is 0 Å². The highest BCUT2D eigenvalue weighted by atomic mass is 19.1. The second-order valence-electron chi connectivity index (χ2n) is 4.19. The maximum atomic E-state index is 12.9. The van der Waals surface area contributed by atoms with Crippen molar-refractivity contribution in [1.82, 2.24) is 9.97 Å². The Bertz CT molecular complexity index is 704. The van der Waals surface area contributed by atoms with E-state index in [1.54, 1.807) is 6.08 Å². The normalized spacial score (nSPS) is 10.0. The first kappa shape index (κ1) is 15.2. The fourth-order valence-electron chi connectivity index (χ4n) is 1.65. The quantitative estimate of drug-likeness (QED) is 0.426. The Morgan fingerprint density at radius 3 is 2.64 bits per heavy atom. The Kier molecular flexibility index (Phi) is 4.47. The Morgan fingerprint density at radius 1 is 1.36 bits per heavy atom. The zero-order valence-corrected chi connectivity index (χ0v) is 11.4. The molecule has 0 unspecified atom stereocenters. The summed E-state index contributed by atoms with van der Waals surface area (Å²) in [7, 11) is 0. The smallest absolute Gasteiger partial charge is 0.353 e. The van der Waals surface area contributed by atoms with Crippen LogP contribution in [0.3, 0.4) is 0 Å². The number of hydrogen-bond acceptors (Lipinski definition) is 7. The molecular weight excluding hydrogens is 291 g/mol. The summed E-state index contributed by atoms with van der Waals surface area (Å²) in [4.78, 5) is 18.3. The van der Waals surface area contributed by atoms with Gasteiger partial charge in [-0.05, 0) is 24.3 Å². The summed E-state index contributed by atoms with van der Waals surface area (Å²) in [5, 5.41) is 16.6. The first-order valence-corrected chi connectivity index (χ1v) is 6.20. The van der Waals surface area contributed by atoms with Crippen molar-refractivity contribution >= 4 is 29.0 Å². The Balaban J connectivity index is 2.41. The first-order valence-electron chi connectivity index (χ1n) is 6.20. The molecule has 0 bridgehead atoms.